The first-order valence-corrected chi connectivity index (χ1v) is 9.88. The molecule has 0 spiro atoms. The van der Waals surface area contributed by atoms with Crippen LogP contribution in [0, 0.1) is 0 Å². The molecule has 1 heterocycles. The Kier molecular flexibility index (Phi) is 5.46. The summed E-state index contributed by atoms with van der Waals surface area (Å²) >= 11 is 7.32. The second-order valence-electron chi connectivity index (χ2n) is 6.08. The fourth-order valence-corrected chi connectivity index (χ4v) is 3.64. The van der Waals surface area contributed by atoms with Crippen molar-refractivity contribution in [1.29, 1.82) is 0 Å². The summed E-state index contributed by atoms with van der Waals surface area (Å²) in [5, 5.41) is 14.2. The maximum absolute atomic E-state index is 11.0. The number of hydrogen-bond acceptors (Lipinski definition) is 5. The summed E-state index contributed by atoms with van der Waals surface area (Å²) in [7, 11) is 0. The number of carboxylic acid groups (broad SMARTS) is 1. The molecule has 0 aliphatic carbocycles. The van der Waals surface area contributed by atoms with Crippen LogP contribution in [0.25, 0.3) is 11.3 Å². The van der Waals surface area contributed by atoms with Crippen molar-refractivity contribution in [3.63, 3.8) is 0 Å². The molecule has 0 saturated carbocycles. The molecule has 2 N–H and O–H groups in total. The molecule has 0 aliphatic heterocycles. The van der Waals surface area contributed by atoms with Gasteiger partial charge in [-0.2, -0.15) is 0 Å². The van der Waals surface area contributed by atoms with Crippen LogP contribution in [-0.4, -0.2) is 16.1 Å². The number of carbonyl (C=O) groups is 1. The molecule has 0 aliphatic rings. The molecule has 144 valence electrons. The normalized spacial score (nSPS) is 10.5. The summed E-state index contributed by atoms with van der Waals surface area (Å²) < 4.78 is 6.07. The van der Waals surface area contributed by atoms with Crippen LogP contribution in [-0.2, 0) is 0 Å². The number of anilines is 2. The summed E-state index contributed by atoms with van der Waals surface area (Å²) in [6.07, 6.45) is 0. The molecule has 3 aromatic carbocycles. The summed E-state index contributed by atoms with van der Waals surface area (Å²) in [6.45, 7) is 0. The number of halogens is 1. The maximum atomic E-state index is 11.0. The van der Waals surface area contributed by atoms with Gasteiger partial charge in [0.2, 0.25) is 5.06 Å². The number of aromatic nitrogens is 1. The molecule has 0 saturated heterocycles. The maximum Gasteiger partial charge on any atom is 0.335 e. The standard InChI is InChI=1S/C22H15ClN2O3S/c23-16-8-12-18(13-9-16)28-21-19(14-4-2-1-3-5-14)25-22(29-21)24-17-10-6-15(7-11-17)20(26)27/h1-13H,(H,24,25)(H,26,27). The highest BCUT2D eigenvalue weighted by atomic mass is 35.5. The van der Waals surface area contributed by atoms with Crippen LogP contribution in [0.2, 0.25) is 5.02 Å². The first-order chi connectivity index (χ1) is 14.1. The number of thiazole rings is 1. The Morgan fingerprint density at radius 1 is 0.966 bits per heavy atom. The number of aromatic carboxylic acids is 1. The molecule has 0 bridgehead atoms. The average molecular weight is 423 g/mol. The van der Waals surface area contributed by atoms with Crippen LogP contribution in [0.5, 0.6) is 10.8 Å². The van der Waals surface area contributed by atoms with Gasteiger partial charge in [0.25, 0.3) is 0 Å². The van der Waals surface area contributed by atoms with Gasteiger partial charge in [-0.25, -0.2) is 9.78 Å². The van der Waals surface area contributed by atoms with Gasteiger partial charge in [0.1, 0.15) is 11.4 Å². The van der Waals surface area contributed by atoms with Crippen molar-refractivity contribution in [1.82, 2.24) is 4.98 Å². The van der Waals surface area contributed by atoms with Crippen LogP contribution in [0.4, 0.5) is 10.8 Å². The number of carboxylic acids is 1. The van der Waals surface area contributed by atoms with Crippen molar-refractivity contribution < 1.29 is 14.6 Å². The van der Waals surface area contributed by atoms with E-state index < -0.39 is 5.97 Å². The molecule has 0 amide bonds. The molecule has 4 aromatic rings. The molecule has 0 unspecified atom stereocenters. The lowest BCUT2D eigenvalue weighted by molar-refractivity contribution is 0.0697. The average Bonchev–Trinajstić information content (AvgIpc) is 3.13. The van der Waals surface area contributed by atoms with Crippen LogP contribution >= 0.6 is 22.9 Å². The van der Waals surface area contributed by atoms with E-state index in [9.17, 15) is 4.79 Å². The van der Waals surface area contributed by atoms with Gasteiger partial charge in [-0.15, -0.1) is 0 Å². The number of ether oxygens (including phenoxy) is 1. The van der Waals surface area contributed by atoms with Gasteiger partial charge in [0.05, 0.1) is 5.56 Å². The summed E-state index contributed by atoms with van der Waals surface area (Å²) in [4.78, 5) is 15.7. The van der Waals surface area contributed by atoms with Crippen LogP contribution in [0.1, 0.15) is 10.4 Å². The van der Waals surface area contributed by atoms with E-state index in [2.05, 4.69) is 10.3 Å². The van der Waals surface area contributed by atoms with Gasteiger partial charge in [-0.1, -0.05) is 53.3 Å². The minimum absolute atomic E-state index is 0.228. The van der Waals surface area contributed by atoms with E-state index >= 15 is 0 Å². The Morgan fingerprint density at radius 2 is 1.66 bits per heavy atom. The van der Waals surface area contributed by atoms with Crippen molar-refractivity contribution in [2.24, 2.45) is 0 Å². The van der Waals surface area contributed by atoms with Crippen molar-refractivity contribution in [3.8, 4) is 22.1 Å². The Bertz CT molecular complexity index is 1130. The Morgan fingerprint density at radius 3 is 2.31 bits per heavy atom. The van der Waals surface area contributed by atoms with E-state index in [0.717, 1.165) is 16.9 Å². The number of hydrogen-bond donors (Lipinski definition) is 2. The fraction of sp³-hybridized carbons (Fsp3) is 0. The Labute approximate surface area is 176 Å². The second-order valence-corrected chi connectivity index (χ2v) is 7.48. The lowest BCUT2D eigenvalue weighted by atomic mass is 10.2. The van der Waals surface area contributed by atoms with E-state index in [4.69, 9.17) is 21.4 Å². The van der Waals surface area contributed by atoms with E-state index in [1.807, 2.05) is 30.3 Å². The molecule has 7 heteroatoms. The van der Waals surface area contributed by atoms with Crippen LogP contribution in [0.3, 0.4) is 0 Å². The molecule has 4 rings (SSSR count). The highest BCUT2D eigenvalue weighted by Crippen LogP contribution is 2.41. The zero-order valence-electron chi connectivity index (χ0n) is 15.0. The topological polar surface area (TPSA) is 71.5 Å². The largest absolute Gasteiger partial charge is 0.478 e. The van der Waals surface area contributed by atoms with Crippen molar-refractivity contribution >= 4 is 39.7 Å². The van der Waals surface area contributed by atoms with Crippen molar-refractivity contribution in [3.05, 3.63) is 89.4 Å². The zero-order chi connectivity index (χ0) is 20.2. The molecule has 5 nitrogen and oxygen atoms in total. The highest BCUT2D eigenvalue weighted by Gasteiger charge is 2.16. The van der Waals surface area contributed by atoms with Crippen LogP contribution in [0.15, 0.2) is 78.9 Å². The summed E-state index contributed by atoms with van der Waals surface area (Å²) in [6, 6.07) is 23.4. The number of nitrogens with zero attached hydrogens (tertiary/aromatic N) is 1. The van der Waals surface area contributed by atoms with Crippen molar-refractivity contribution in [2.75, 3.05) is 5.32 Å². The lowest BCUT2D eigenvalue weighted by Gasteiger charge is -2.05. The van der Waals surface area contributed by atoms with Crippen LogP contribution < -0.4 is 10.1 Å². The Balaban J connectivity index is 1.65. The van der Waals surface area contributed by atoms with E-state index in [1.165, 1.54) is 11.3 Å². The van der Waals surface area contributed by atoms with Gasteiger partial charge in [0, 0.05) is 16.3 Å². The smallest absolute Gasteiger partial charge is 0.335 e. The molecular weight excluding hydrogens is 408 g/mol. The minimum atomic E-state index is -0.962. The molecule has 29 heavy (non-hydrogen) atoms. The fourth-order valence-electron chi connectivity index (χ4n) is 2.64. The van der Waals surface area contributed by atoms with E-state index in [-0.39, 0.29) is 5.56 Å². The minimum Gasteiger partial charge on any atom is -0.478 e. The SMILES string of the molecule is O=C(O)c1ccc(Nc2nc(-c3ccccc3)c(Oc3ccc(Cl)cc3)s2)cc1. The third kappa shape index (κ3) is 4.56. The first-order valence-electron chi connectivity index (χ1n) is 8.68. The molecule has 0 atom stereocenters. The third-order valence-electron chi connectivity index (χ3n) is 4.05. The predicted molar refractivity (Wildman–Crippen MR) is 116 cm³/mol. The van der Waals surface area contributed by atoms with Gasteiger partial charge in [0.15, 0.2) is 5.13 Å². The molecule has 1 aromatic heterocycles. The molecule has 0 fully saturated rings. The van der Waals surface area contributed by atoms with E-state index in [0.29, 0.717) is 21.0 Å². The molecular formula is C22H15ClN2O3S. The highest BCUT2D eigenvalue weighted by molar-refractivity contribution is 7.18. The predicted octanol–water partition coefficient (Wildman–Crippen LogP) is 6.70. The molecule has 0 radical (unpaired) electrons. The number of benzene rings is 3. The van der Waals surface area contributed by atoms with Gasteiger partial charge < -0.3 is 15.2 Å². The summed E-state index contributed by atoms with van der Waals surface area (Å²) in [5.74, 6) is -0.302. The quantitative estimate of drug-likeness (QED) is 0.362. The van der Waals surface area contributed by atoms with Gasteiger partial charge in [-0.05, 0) is 48.5 Å². The van der Waals surface area contributed by atoms with E-state index in [1.54, 1.807) is 48.5 Å². The Hall–Kier alpha value is -3.35. The number of nitrogens with one attached hydrogen (secondary N) is 1. The monoisotopic (exact) mass is 422 g/mol. The van der Waals surface area contributed by atoms with Crippen molar-refractivity contribution in [2.45, 2.75) is 0 Å². The zero-order valence-corrected chi connectivity index (χ0v) is 16.6. The third-order valence-corrected chi connectivity index (χ3v) is 5.15. The number of rotatable bonds is 6. The van der Waals surface area contributed by atoms with Gasteiger partial charge >= 0.3 is 5.97 Å². The first kappa shape index (κ1) is 19.0. The summed E-state index contributed by atoms with van der Waals surface area (Å²) in [5.41, 5.74) is 2.62. The lowest BCUT2D eigenvalue weighted by Crippen LogP contribution is -1.96. The van der Waals surface area contributed by atoms with Gasteiger partial charge in [-0.3, -0.25) is 0 Å². The second kappa shape index (κ2) is 8.34.